The summed E-state index contributed by atoms with van der Waals surface area (Å²) in [6.07, 6.45) is 4.34. The van der Waals surface area contributed by atoms with Crippen LogP contribution in [-0.2, 0) is 4.79 Å². The predicted molar refractivity (Wildman–Crippen MR) is 64.5 cm³/mol. The SMILES string of the molecule is C=CCC(N)C(=O)NC(C)CC(C)CC. The van der Waals surface area contributed by atoms with Crippen molar-refractivity contribution < 1.29 is 4.79 Å². The fourth-order valence-corrected chi connectivity index (χ4v) is 1.47. The van der Waals surface area contributed by atoms with Crippen LogP contribution < -0.4 is 11.1 Å². The van der Waals surface area contributed by atoms with Gasteiger partial charge in [-0.15, -0.1) is 6.58 Å². The van der Waals surface area contributed by atoms with E-state index in [4.69, 9.17) is 5.73 Å². The average Bonchev–Trinajstić information content (AvgIpc) is 2.17. The maximum Gasteiger partial charge on any atom is 0.237 e. The van der Waals surface area contributed by atoms with E-state index in [-0.39, 0.29) is 11.9 Å². The van der Waals surface area contributed by atoms with Crippen molar-refractivity contribution in [1.82, 2.24) is 5.32 Å². The van der Waals surface area contributed by atoms with Crippen molar-refractivity contribution in [3.63, 3.8) is 0 Å². The van der Waals surface area contributed by atoms with E-state index in [1.165, 1.54) is 0 Å². The number of rotatable bonds is 7. The summed E-state index contributed by atoms with van der Waals surface area (Å²) in [6.45, 7) is 9.92. The molecule has 15 heavy (non-hydrogen) atoms. The largest absolute Gasteiger partial charge is 0.352 e. The Kier molecular flexibility index (Phi) is 7.05. The lowest BCUT2D eigenvalue weighted by molar-refractivity contribution is -0.123. The lowest BCUT2D eigenvalue weighted by Gasteiger charge is -2.19. The van der Waals surface area contributed by atoms with Crippen molar-refractivity contribution in [3.05, 3.63) is 12.7 Å². The van der Waals surface area contributed by atoms with Gasteiger partial charge >= 0.3 is 0 Å². The Morgan fingerprint density at radius 2 is 2.13 bits per heavy atom. The van der Waals surface area contributed by atoms with Crippen molar-refractivity contribution in [3.8, 4) is 0 Å². The average molecular weight is 212 g/mol. The molecule has 0 saturated carbocycles. The minimum atomic E-state index is -0.457. The van der Waals surface area contributed by atoms with Crippen LogP contribution in [0.3, 0.4) is 0 Å². The Morgan fingerprint density at radius 1 is 1.53 bits per heavy atom. The van der Waals surface area contributed by atoms with Gasteiger partial charge in [-0.1, -0.05) is 26.3 Å². The normalized spacial score (nSPS) is 16.5. The van der Waals surface area contributed by atoms with Gasteiger partial charge in [-0.2, -0.15) is 0 Å². The first-order chi connectivity index (χ1) is 7.01. The minimum absolute atomic E-state index is 0.0781. The number of amides is 1. The molecule has 1 amide bonds. The highest BCUT2D eigenvalue weighted by Crippen LogP contribution is 2.09. The van der Waals surface area contributed by atoms with Gasteiger partial charge in [0.1, 0.15) is 0 Å². The molecule has 3 nitrogen and oxygen atoms in total. The molecule has 0 aromatic heterocycles. The summed E-state index contributed by atoms with van der Waals surface area (Å²) in [6, 6.07) is -0.259. The Balaban J connectivity index is 3.89. The second-order valence-electron chi connectivity index (χ2n) is 4.29. The first-order valence-electron chi connectivity index (χ1n) is 5.68. The third-order valence-electron chi connectivity index (χ3n) is 2.60. The highest BCUT2D eigenvalue weighted by atomic mass is 16.2. The monoisotopic (exact) mass is 212 g/mol. The summed E-state index contributed by atoms with van der Waals surface area (Å²) >= 11 is 0. The number of carbonyl (C=O) groups excluding carboxylic acids is 1. The molecule has 0 aliphatic carbocycles. The molecule has 3 N–H and O–H groups in total. The highest BCUT2D eigenvalue weighted by molar-refractivity contribution is 5.81. The van der Waals surface area contributed by atoms with Gasteiger partial charge in [-0.05, 0) is 25.7 Å². The van der Waals surface area contributed by atoms with E-state index >= 15 is 0 Å². The van der Waals surface area contributed by atoms with Crippen molar-refractivity contribution in [2.45, 2.75) is 52.1 Å². The van der Waals surface area contributed by atoms with Gasteiger partial charge in [0.05, 0.1) is 6.04 Å². The number of hydrogen-bond acceptors (Lipinski definition) is 2. The Morgan fingerprint density at radius 3 is 2.60 bits per heavy atom. The van der Waals surface area contributed by atoms with E-state index in [9.17, 15) is 4.79 Å². The molecular formula is C12H24N2O. The van der Waals surface area contributed by atoms with E-state index in [0.717, 1.165) is 12.8 Å². The summed E-state index contributed by atoms with van der Waals surface area (Å²) in [5, 5.41) is 2.92. The van der Waals surface area contributed by atoms with E-state index in [0.29, 0.717) is 12.3 Å². The number of nitrogens with two attached hydrogens (primary N) is 1. The van der Waals surface area contributed by atoms with Crippen LogP contribution in [0.15, 0.2) is 12.7 Å². The fraction of sp³-hybridized carbons (Fsp3) is 0.750. The summed E-state index contributed by atoms with van der Waals surface area (Å²) in [5.74, 6) is 0.557. The number of nitrogens with one attached hydrogen (secondary N) is 1. The van der Waals surface area contributed by atoms with Gasteiger partial charge in [-0.25, -0.2) is 0 Å². The van der Waals surface area contributed by atoms with Crippen LogP contribution >= 0.6 is 0 Å². The van der Waals surface area contributed by atoms with Crippen molar-refractivity contribution in [2.24, 2.45) is 11.7 Å². The third kappa shape index (κ3) is 6.28. The van der Waals surface area contributed by atoms with E-state index in [1.807, 2.05) is 6.92 Å². The molecule has 0 fully saturated rings. The number of hydrogen-bond donors (Lipinski definition) is 2. The standard InChI is InChI=1S/C12H24N2O/c1-5-7-11(13)12(15)14-10(4)8-9(3)6-2/h5,9-11H,1,6-8,13H2,2-4H3,(H,14,15). The molecule has 0 spiro atoms. The zero-order valence-corrected chi connectivity index (χ0v) is 10.1. The Bertz CT molecular complexity index is 204. The quantitative estimate of drug-likeness (QED) is 0.633. The van der Waals surface area contributed by atoms with Gasteiger partial charge in [-0.3, -0.25) is 4.79 Å². The molecular weight excluding hydrogens is 188 g/mol. The van der Waals surface area contributed by atoms with Crippen LogP contribution in [0.2, 0.25) is 0 Å². The van der Waals surface area contributed by atoms with Gasteiger partial charge in [0.15, 0.2) is 0 Å². The molecule has 0 aliphatic rings. The molecule has 0 aliphatic heterocycles. The predicted octanol–water partition coefficient (Wildman–Crippen LogP) is 1.83. The molecule has 0 rings (SSSR count). The Labute approximate surface area is 93.1 Å². The lowest BCUT2D eigenvalue weighted by Crippen LogP contribution is -2.44. The Hall–Kier alpha value is -0.830. The summed E-state index contributed by atoms with van der Waals surface area (Å²) in [4.78, 5) is 11.5. The van der Waals surface area contributed by atoms with Gasteiger partial charge in [0.25, 0.3) is 0 Å². The molecule has 0 aromatic rings. The molecule has 0 aromatic carbocycles. The van der Waals surface area contributed by atoms with Crippen molar-refractivity contribution >= 4 is 5.91 Å². The van der Waals surface area contributed by atoms with Crippen LogP contribution in [-0.4, -0.2) is 18.0 Å². The molecule has 3 atom stereocenters. The lowest BCUT2D eigenvalue weighted by atomic mass is 10.00. The van der Waals surface area contributed by atoms with Crippen molar-refractivity contribution in [2.75, 3.05) is 0 Å². The first-order valence-corrected chi connectivity index (χ1v) is 5.68. The van der Waals surface area contributed by atoms with Crippen molar-refractivity contribution in [1.29, 1.82) is 0 Å². The van der Waals surface area contributed by atoms with Crippen LogP contribution in [0, 0.1) is 5.92 Å². The molecule has 0 heterocycles. The molecule has 0 saturated heterocycles. The van der Waals surface area contributed by atoms with Gasteiger partial charge in [0.2, 0.25) is 5.91 Å². The van der Waals surface area contributed by atoms with E-state index < -0.39 is 6.04 Å². The second kappa shape index (κ2) is 7.46. The first kappa shape index (κ1) is 14.2. The summed E-state index contributed by atoms with van der Waals surface area (Å²) < 4.78 is 0. The topological polar surface area (TPSA) is 55.1 Å². The van der Waals surface area contributed by atoms with Gasteiger partial charge in [0, 0.05) is 6.04 Å². The number of carbonyl (C=O) groups is 1. The molecule has 0 bridgehead atoms. The van der Waals surface area contributed by atoms with Gasteiger partial charge < -0.3 is 11.1 Å². The maximum atomic E-state index is 11.5. The fourth-order valence-electron chi connectivity index (χ4n) is 1.47. The maximum absolute atomic E-state index is 11.5. The second-order valence-corrected chi connectivity index (χ2v) is 4.29. The highest BCUT2D eigenvalue weighted by Gasteiger charge is 2.15. The summed E-state index contributed by atoms with van der Waals surface area (Å²) in [5.41, 5.74) is 5.66. The molecule has 3 unspecified atom stereocenters. The van der Waals surface area contributed by atoms with Crippen LogP contribution in [0.5, 0.6) is 0 Å². The smallest absolute Gasteiger partial charge is 0.237 e. The van der Waals surface area contributed by atoms with E-state index in [2.05, 4.69) is 25.7 Å². The molecule has 0 radical (unpaired) electrons. The summed E-state index contributed by atoms with van der Waals surface area (Å²) in [7, 11) is 0. The van der Waals surface area contributed by atoms with E-state index in [1.54, 1.807) is 6.08 Å². The van der Waals surface area contributed by atoms with Crippen LogP contribution in [0.1, 0.15) is 40.0 Å². The van der Waals surface area contributed by atoms with Crippen LogP contribution in [0.25, 0.3) is 0 Å². The van der Waals surface area contributed by atoms with Crippen LogP contribution in [0.4, 0.5) is 0 Å². The molecule has 88 valence electrons. The molecule has 3 heteroatoms. The zero-order chi connectivity index (χ0) is 11.8. The minimum Gasteiger partial charge on any atom is -0.352 e. The third-order valence-corrected chi connectivity index (χ3v) is 2.60. The zero-order valence-electron chi connectivity index (χ0n) is 10.1.